The van der Waals surface area contributed by atoms with Gasteiger partial charge in [0.25, 0.3) is 0 Å². The van der Waals surface area contributed by atoms with Gasteiger partial charge >= 0.3 is 0 Å². The summed E-state index contributed by atoms with van der Waals surface area (Å²) >= 11 is 0. The molecule has 0 saturated heterocycles. The summed E-state index contributed by atoms with van der Waals surface area (Å²) in [6, 6.07) is 0. The van der Waals surface area contributed by atoms with Crippen LogP contribution >= 0.6 is 0 Å². The third-order valence-electron chi connectivity index (χ3n) is 2.76. The van der Waals surface area contributed by atoms with Gasteiger partial charge in [0.05, 0.1) is 0 Å². The first kappa shape index (κ1) is 11.3. The van der Waals surface area contributed by atoms with Gasteiger partial charge in [0.15, 0.2) is 0 Å². The molecule has 1 rings (SSSR count). The van der Waals surface area contributed by atoms with Crippen LogP contribution in [0.3, 0.4) is 0 Å². The van der Waals surface area contributed by atoms with Crippen molar-refractivity contribution >= 4 is 0 Å². The maximum Gasteiger partial charge on any atom is 0.0211 e. The summed E-state index contributed by atoms with van der Waals surface area (Å²) in [6.07, 6.45) is 11.0. The van der Waals surface area contributed by atoms with E-state index in [1.54, 1.807) is 5.57 Å². The second-order valence-electron chi connectivity index (χ2n) is 4.45. The van der Waals surface area contributed by atoms with Crippen molar-refractivity contribution in [2.75, 3.05) is 13.1 Å². The minimum atomic E-state index is 0.753. The van der Waals surface area contributed by atoms with Crippen molar-refractivity contribution in [3.8, 4) is 12.3 Å². The minimum Gasteiger partial charge on any atom is -0.315 e. The summed E-state index contributed by atoms with van der Waals surface area (Å²) < 4.78 is 0. The number of allylic oxidation sites excluding steroid dienone is 2. The average Bonchev–Trinajstić information content (AvgIpc) is 2.11. The fraction of sp³-hybridized carbons (Fsp3) is 0.692. The third kappa shape index (κ3) is 3.98. The van der Waals surface area contributed by atoms with Gasteiger partial charge in [-0.1, -0.05) is 18.6 Å². The molecule has 0 amide bonds. The van der Waals surface area contributed by atoms with Gasteiger partial charge in [0, 0.05) is 13.0 Å². The molecule has 0 aliphatic heterocycles. The highest BCUT2D eigenvalue weighted by Gasteiger charge is 2.17. The van der Waals surface area contributed by atoms with Crippen molar-refractivity contribution in [2.24, 2.45) is 11.8 Å². The number of rotatable bonds is 4. The smallest absolute Gasteiger partial charge is 0.0211 e. The Kier molecular flexibility index (Phi) is 4.76. The predicted molar refractivity (Wildman–Crippen MR) is 62.0 cm³/mol. The number of nitrogens with one attached hydrogen (secondary N) is 1. The first-order valence-corrected chi connectivity index (χ1v) is 5.54. The fourth-order valence-electron chi connectivity index (χ4n) is 2.31. The molecular weight excluding hydrogens is 170 g/mol. The summed E-state index contributed by atoms with van der Waals surface area (Å²) in [5.74, 6) is 4.21. The average molecular weight is 191 g/mol. The van der Waals surface area contributed by atoms with Crippen LogP contribution < -0.4 is 5.32 Å². The maximum absolute atomic E-state index is 5.19. The van der Waals surface area contributed by atoms with E-state index < -0.39 is 0 Å². The second-order valence-corrected chi connectivity index (χ2v) is 4.45. The third-order valence-corrected chi connectivity index (χ3v) is 2.76. The lowest BCUT2D eigenvalue weighted by Crippen LogP contribution is -2.26. The van der Waals surface area contributed by atoms with Crippen LogP contribution in [0.4, 0.5) is 0 Å². The summed E-state index contributed by atoms with van der Waals surface area (Å²) in [5.41, 5.74) is 1.55. The molecule has 2 atom stereocenters. The molecule has 0 spiro atoms. The lowest BCUT2D eigenvalue weighted by Gasteiger charge is -2.25. The van der Waals surface area contributed by atoms with Crippen LogP contribution in [-0.2, 0) is 0 Å². The largest absolute Gasteiger partial charge is 0.315 e. The molecule has 0 fully saturated rings. The van der Waals surface area contributed by atoms with Crippen molar-refractivity contribution in [1.82, 2.24) is 5.32 Å². The number of hydrogen-bond acceptors (Lipinski definition) is 1. The van der Waals surface area contributed by atoms with Crippen LogP contribution in [0.25, 0.3) is 0 Å². The molecule has 0 saturated carbocycles. The van der Waals surface area contributed by atoms with Crippen LogP contribution in [0.5, 0.6) is 0 Å². The van der Waals surface area contributed by atoms with Gasteiger partial charge in [-0.2, -0.15) is 0 Å². The zero-order valence-corrected chi connectivity index (χ0v) is 9.34. The lowest BCUT2D eigenvalue weighted by atomic mass is 9.84. The molecule has 0 aromatic rings. The van der Waals surface area contributed by atoms with E-state index in [1.807, 2.05) is 0 Å². The molecule has 1 heteroatoms. The van der Waals surface area contributed by atoms with Crippen molar-refractivity contribution in [3.63, 3.8) is 0 Å². The van der Waals surface area contributed by atoms with E-state index in [2.05, 4.69) is 31.2 Å². The van der Waals surface area contributed by atoms with E-state index in [0.29, 0.717) is 0 Å². The normalized spacial score (nSPS) is 26.8. The van der Waals surface area contributed by atoms with Crippen LogP contribution in [0, 0.1) is 24.2 Å². The summed E-state index contributed by atoms with van der Waals surface area (Å²) in [4.78, 5) is 0. The van der Waals surface area contributed by atoms with Gasteiger partial charge in [-0.05, 0) is 38.1 Å². The molecule has 2 unspecified atom stereocenters. The molecule has 14 heavy (non-hydrogen) atoms. The predicted octanol–water partition coefficient (Wildman–Crippen LogP) is 2.59. The van der Waals surface area contributed by atoms with Crippen molar-refractivity contribution in [1.29, 1.82) is 0 Å². The molecule has 1 aliphatic rings. The van der Waals surface area contributed by atoms with E-state index in [9.17, 15) is 0 Å². The van der Waals surface area contributed by atoms with Gasteiger partial charge in [0.1, 0.15) is 0 Å². The first-order valence-electron chi connectivity index (χ1n) is 5.54. The SMILES string of the molecule is C#CCCNCC1CC(C)=CC(C)C1. The zero-order chi connectivity index (χ0) is 10.4. The Morgan fingerprint density at radius 1 is 1.64 bits per heavy atom. The van der Waals surface area contributed by atoms with E-state index >= 15 is 0 Å². The molecule has 1 aliphatic carbocycles. The Morgan fingerprint density at radius 2 is 2.43 bits per heavy atom. The Bertz CT molecular complexity index is 234. The van der Waals surface area contributed by atoms with Crippen molar-refractivity contribution in [3.05, 3.63) is 11.6 Å². The van der Waals surface area contributed by atoms with Crippen molar-refractivity contribution in [2.45, 2.75) is 33.1 Å². The molecule has 0 bridgehead atoms. The van der Waals surface area contributed by atoms with Gasteiger partial charge < -0.3 is 5.32 Å². The fourth-order valence-corrected chi connectivity index (χ4v) is 2.31. The Balaban J connectivity index is 2.20. The molecule has 0 aromatic heterocycles. The quantitative estimate of drug-likeness (QED) is 0.409. The van der Waals surface area contributed by atoms with Gasteiger partial charge in [-0.25, -0.2) is 0 Å². The highest BCUT2D eigenvalue weighted by molar-refractivity contribution is 5.06. The topological polar surface area (TPSA) is 12.0 Å². The van der Waals surface area contributed by atoms with Gasteiger partial charge in [0.2, 0.25) is 0 Å². The molecule has 0 radical (unpaired) electrons. The molecule has 1 nitrogen and oxygen atoms in total. The minimum absolute atomic E-state index is 0.753. The molecule has 0 heterocycles. The van der Waals surface area contributed by atoms with Crippen LogP contribution in [0.2, 0.25) is 0 Å². The lowest BCUT2D eigenvalue weighted by molar-refractivity contribution is 0.383. The standard InChI is InChI=1S/C13H21N/c1-4-5-6-14-10-13-8-11(2)7-12(3)9-13/h1,7,11,13-14H,5-6,8-10H2,2-3H3. The van der Waals surface area contributed by atoms with Crippen LogP contribution in [0.1, 0.15) is 33.1 Å². The highest BCUT2D eigenvalue weighted by atomic mass is 14.8. The monoisotopic (exact) mass is 191 g/mol. The van der Waals surface area contributed by atoms with Gasteiger partial charge in [-0.3, -0.25) is 0 Å². The Hall–Kier alpha value is -0.740. The van der Waals surface area contributed by atoms with E-state index in [4.69, 9.17) is 6.42 Å². The van der Waals surface area contributed by atoms with Crippen molar-refractivity contribution < 1.29 is 0 Å². The van der Waals surface area contributed by atoms with E-state index in [-0.39, 0.29) is 0 Å². The molecule has 78 valence electrons. The molecule has 1 N–H and O–H groups in total. The molecular formula is C13H21N. The Labute approximate surface area is 88.0 Å². The van der Waals surface area contributed by atoms with Crippen LogP contribution in [0.15, 0.2) is 11.6 Å². The number of terminal acetylenes is 1. The first-order chi connectivity index (χ1) is 6.72. The maximum atomic E-state index is 5.19. The second kappa shape index (κ2) is 5.88. The molecule has 0 aromatic carbocycles. The number of hydrogen-bond donors (Lipinski definition) is 1. The zero-order valence-electron chi connectivity index (χ0n) is 9.34. The Morgan fingerprint density at radius 3 is 3.07 bits per heavy atom. The van der Waals surface area contributed by atoms with Gasteiger partial charge in [-0.15, -0.1) is 12.3 Å². The summed E-state index contributed by atoms with van der Waals surface area (Å²) in [5, 5.41) is 3.43. The highest BCUT2D eigenvalue weighted by Crippen LogP contribution is 2.26. The van der Waals surface area contributed by atoms with E-state index in [0.717, 1.165) is 31.3 Å². The van der Waals surface area contributed by atoms with Crippen LogP contribution in [-0.4, -0.2) is 13.1 Å². The summed E-state index contributed by atoms with van der Waals surface area (Å²) in [7, 11) is 0. The summed E-state index contributed by atoms with van der Waals surface area (Å²) in [6.45, 7) is 6.63. The van der Waals surface area contributed by atoms with E-state index in [1.165, 1.54) is 12.8 Å².